The largest absolute Gasteiger partial charge is 0.497 e. The first-order valence-electron chi connectivity index (χ1n) is 7.89. The number of aromatic nitrogens is 1. The molecular weight excluding hydrogens is 324 g/mol. The van der Waals surface area contributed by atoms with Crippen molar-refractivity contribution in [2.75, 3.05) is 27.7 Å². The van der Waals surface area contributed by atoms with Crippen molar-refractivity contribution in [2.24, 2.45) is 12.0 Å². The molecule has 0 amide bonds. The van der Waals surface area contributed by atoms with Gasteiger partial charge in [0.25, 0.3) is 0 Å². The summed E-state index contributed by atoms with van der Waals surface area (Å²) >= 11 is 6.04. The van der Waals surface area contributed by atoms with Gasteiger partial charge in [-0.1, -0.05) is 23.7 Å². The lowest BCUT2D eigenvalue weighted by Crippen LogP contribution is -2.39. The predicted octanol–water partition coefficient (Wildman–Crippen LogP) is 2.94. The zero-order valence-corrected chi connectivity index (χ0v) is 15.5. The first-order chi connectivity index (χ1) is 11.5. The molecule has 1 N–H and O–H groups in total. The number of ether oxygens (including phenoxy) is 1. The minimum Gasteiger partial charge on any atom is -0.497 e. The van der Waals surface area contributed by atoms with E-state index in [-0.39, 0.29) is 0 Å². The lowest BCUT2D eigenvalue weighted by atomic mass is 10.1. The Bertz CT molecular complexity index is 696. The molecule has 0 spiro atoms. The van der Waals surface area contributed by atoms with Crippen molar-refractivity contribution in [2.45, 2.75) is 13.0 Å². The van der Waals surface area contributed by atoms with Gasteiger partial charge in [-0.15, -0.1) is 0 Å². The van der Waals surface area contributed by atoms with Crippen molar-refractivity contribution >= 4 is 17.6 Å². The fraction of sp³-hybridized carbons (Fsp3) is 0.389. The van der Waals surface area contributed by atoms with Crippen molar-refractivity contribution in [3.8, 4) is 5.75 Å². The molecule has 0 atom stereocenters. The number of hydrogen-bond donors (Lipinski definition) is 1. The lowest BCUT2D eigenvalue weighted by molar-refractivity contribution is 0.414. The van der Waals surface area contributed by atoms with E-state index < -0.39 is 0 Å². The van der Waals surface area contributed by atoms with E-state index in [1.807, 2.05) is 43.1 Å². The summed E-state index contributed by atoms with van der Waals surface area (Å²) in [5.74, 6) is 1.74. The van der Waals surface area contributed by atoms with Crippen LogP contribution < -0.4 is 10.1 Å². The van der Waals surface area contributed by atoms with Gasteiger partial charge in [0.1, 0.15) is 5.75 Å². The number of aliphatic imine (C=N–C) groups is 1. The number of aryl methyl sites for hydroxylation is 1. The number of rotatable bonds is 6. The molecule has 0 aliphatic carbocycles. The van der Waals surface area contributed by atoms with Crippen LogP contribution in [0, 0.1) is 0 Å². The van der Waals surface area contributed by atoms with Crippen molar-refractivity contribution in [1.29, 1.82) is 0 Å². The van der Waals surface area contributed by atoms with Gasteiger partial charge in [0, 0.05) is 39.6 Å². The van der Waals surface area contributed by atoms with E-state index in [1.165, 1.54) is 5.56 Å². The van der Waals surface area contributed by atoms with Crippen LogP contribution in [0.5, 0.6) is 5.75 Å². The van der Waals surface area contributed by atoms with Crippen LogP contribution in [0.1, 0.15) is 11.3 Å². The second-order valence-electron chi connectivity index (χ2n) is 5.69. The van der Waals surface area contributed by atoms with Crippen molar-refractivity contribution in [3.63, 3.8) is 0 Å². The molecule has 1 aromatic carbocycles. The van der Waals surface area contributed by atoms with Gasteiger partial charge in [-0.25, -0.2) is 0 Å². The number of hydrogen-bond acceptors (Lipinski definition) is 2. The molecule has 0 aliphatic heterocycles. The molecule has 0 saturated carbocycles. The maximum atomic E-state index is 6.04. The summed E-state index contributed by atoms with van der Waals surface area (Å²) in [4.78, 5) is 6.43. The zero-order valence-electron chi connectivity index (χ0n) is 14.7. The fourth-order valence-electron chi connectivity index (χ4n) is 2.57. The standard InChI is InChI=1S/C18H25ClN4O/c1-20-18(23(3)13-16-11-15(19)12-22(16)2)21-9-8-14-6-5-7-17(10-14)24-4/h5-7,10-12H,8-9,13H2,1-4H3,(H,20,21). The Morgan fingerprint density at radius 2 is 2.17 bits per heavy atom. The summed E-state index contributed by atoms with van der Waals surface area (Å²) in [5, 5.41) is 4.15. The highest BCUT2D eigenvalue weighted by Crippen LogP contribution is 2.14. The maximum absolute atomic E-state index is 6.04. The molecule has 0 radical (unpaired) electrons. The molecule has 1 heterocycles. The molecular formula is C18H25ClN4O. The first kappa shape index (κ1) is 18.2. The van der Waals surface area contributed by atoms with E-state index in [0.717, 1.165) is 41.9 Å². The molecule has 0 unspecified atom stereocenters. The van der Waals surface area contributed by atoms with E-state index in [9.17, 15) is 0 Å². The highest BCUT2D eigenvalue weighted by molar-refractivity contribution is 6.30. The summed E-state index contributed by atoms with van der Waals surface area (Å²) in [5.41, 5.74) is 2.37. The Hall–Kier alpha value is -2.14. The molecule has 6 heteroatoms. The molecule has 130 valence electrons. The third-order valence-electron chi connectivity index (χ3n) is 3.88. The van der Waals surface area contributed by atoms with Crippen LogP contribution in [0.4, 0.5) is 0 Å². The molecule has 0 bridgehead atoms. The summed E-state index contributed by atoms with van der Waals surface area (Å²) in [6, 6.07) is 10.1. The van der Waals surface area contributed by atoms with E-state index in [4.69, 9.17) is 16.3 Å². The molecule has 0 aliphatic rings. The number of nitrogens with zero attached hydrogens (tertiary/aromatic N) is 3. The van der Waals surface area contributed by atoms with Crippen molar-refractivity contribution in [3.05, 3.63) is 52.8 Å². The summed E-state index contributed by atoms with van der Waals surface area (Å²) < 4.78 is 7.29. The topological polar surface area (TPSA) is 41.8 Å². The number of nitrogens with one attached hydrogen (secondary N) is 1. The predicted molar refractivity (Wildman–Crippen MR) is 99.9 cm³/mol. The van der Waals surface area contributed by atoms with Crippen LogP contribution >= 0.6 is 11.6 Å². The number of benzene rings is 1. The number of halogens is 1. The van der Waals surface area contributed by atoms with Crippen molar-refractivity contribution < 1.29 is 4.74 Å². The van der Waals surface area contributed by atoms with Gasteiger partial charge in [-0.2, -0.15) is 0 Å². The smallest absolute Gasteiger partial charge is 0.193 e. The van der Waals surface area contributed by atoms with E-state index in [1.54, 1.807) is 14.2 Å². The molecule has 24 heavy (non-hydrogen) atoms. The Morgan fingerprint density at radius 1 is 1.38 bits per heavy atom. The second-order valence-corrected chi connectivity index (χ2v) is 6.13. The van der Waals surface area contributed by atoms with Gasteiger partial charge >= 0.3 is 0 Å². The van der Waals surface area contributed by atoms with Gasteiger partial charge < -0.3 is 19.5 Å². The Labute approximate surface area is 148 Å². The molecule has 2 aromatic rings. The van der Waals surface area contributed by atoms with Gasteiger partial charge in [0.05, 0.1) is 18.7 Å². The van der Waals surface area contributed by atoms with E-state index in [0.29, 0.717) is 0 Å². The molecule has 2 rings (SSSR count). The summed E-state index contributed by atoms with van der Waals surface area (Å²) in [6.07, 6.45) is 2.81. The zero-order chi connectivity index (χ0) is 17.5. The Morgan fingerprint density at radius 3 is 2.79 bits per heavy atom. The second kappa shape index (κ2) is 8.64. The van der Waals surface area contributed by atoms with E-state index >= 15 is 0 Å². The highest BCUT2D eigenvalue weighted by atomic mass is 35.5. The van der Waals surface area contributed by atoms with Crippen LogP contribution in [0.2, 0.25) is 5.02 Å². The average Bonchev–Trinajstić information content (AvgIpc) is 2.89. The van der Waals surface area contributed by atoms with Crippen molar-refractivity contribution in [1.82, 2.24) is 14.8 Å². The minimum absolute atomic E-state index is 0.738. The fourth-order valence-corrected chi connectivity index (χ4v) is 2.84. The average molecular weight is 349 g/mol. The van der Waals surface area contributed by atoms with Gasteiger partial charge in [-0.05, 0) is 30.2 Å². The first-order valence-corrected chi connectivity index (χ1v) is 8.26. The molecule has 1 aromatic heterocycles. The summed E-state index contributed by atoms with van der Waals surface area (Å²) in [7, 11) is 7.49. The van der Waals surface area contributed by atoms with Crippen LogP contribution in [0.3, 0.4) is 0 Å². The monoisotopic (exact) mass is 348 g/mol. The van der Waals surface area contributed by atoms with E-state index in [2.05, 4.69) is 27.3 Å². The van der Waals surface area contributed by atoms with Crippen LogP contribution in [0.15, 0.2) is 41.5 Å². The third kappa shape index (κ3) is 4.93. The highest BCUT2D eigenvalue weighted by Gasteiger charge is 2.09. The summed E-state index contributed by atoms with van der Waals surface area (Å²) in [6.45, 7) is 1.54. The van der Waals surface area contributed by atoms with Crippen LogP contribution in [-0.2, 0) is 20.0 Å². The van der Waals surface area contributed by atoms with Crippen LogP contribution in [0.25, 0.3) is 0 Å². The lowest BCUT2D eigenvalue weighted by Gasteiger charge is -2.22. The molecule has 0 fully saturated rings. The molecule has 0 saturated heterocycles. The van der Waals surface area contributed by atoms with Gasteiger partial charge in [0.15, 0.2) is 5.96 Å². The third-order valence-corrected chi connectivity index (χ3v) is 4.08. The van der Waals surface area contributed by atoms with Gasteiger partial charge in [0.2, 0.25) is 0 Å². The SMILES string of the molecule is CN=C(NCCc1cccc(OC)c1)N(C)Cc1cc(Cl)cn1C. The van der Waals surface area contributed by atoms with Gasteiger partial charge in [-0.3, -0.25) is 4.99 Å². The van der Waals surface area contributed by atoms with Crippen LogP contribution in [-0.4, -0.2) is 43.2 Å². The Kier molecular flexibility index (Phi) is 6.55. The number of guanidine groups is 1. The normalized spacial score (nSPS) is 11.5. The number of methoxy groups -OCH3 is 1. The molecule has 5 nitrogen and oxygen atoms in total. The Balaban J connectivity index is 1.88. The maximum Gasteiger partial charge on any atom is 0.193 e. The quantitative estimate of drug-likeness (QED) is 0.644. The minimum atomic E-state index is 0.738.